The number of nitrogens with two attached hydrogens (primary N) is 1. The number of nitriles is 1. The number of hydrazine groups is 1. The lowest BCUT2D eigenvalue weighted by molar-refractivity contribution is -0.130. The van der Waals surface area contributed by atoms with E-state index in [1.54, 1.807) is 0 Å². The zero-order chi connectivity index (χ0) is 21.1. The lowest BCUT2D eigenvalue weighted by Gasteiger charge is -2.39. The lowest BCUT2D eigenvalue weighted by atomic mass is 9.96. The molecule has 10 nitrogen and oxygen atoms in total. The van der Waals surface area contributed by atoms with Gasteiger partial charge in [-0.05, 0) is 38.8 Å². The molecule has 10 heteroatoms. The Balaban J connectivity index is 1.34. The Morgan fingerprint density at radius 1 is 1.30 bits per heavy atom. The second-order valence-electron chi connectivity index (χ2n) is 9.20. The molecule has 0 aromatic rings. The van der Waals surface area contributed by atoms with Gasteiger partial charge in [0.1, 0.15) is 0 Å². The van der Waals surface area contributed by atoms with Crippen LogP contribution in [0.5, 0.6) is 0 Å². The van der Waals surface area contributed by atoms with Crippen LogP contribution in [0.4, 0.5) is 0 Å². The van der Waals surface area contributed by atoms with Crippen LogP contribution >= 0.6 is 0 Å². The summed E-state index contributed by atoms with van der Waals surface area (Å²) in [7, 11) is 2.15. The smallest absolute Gasteiger partial charge is 0.229 e. The van der Waals surface area contributed by atoms with Gasteiger partial charge >= 0.3 is 0 Å². The summed E-state index contributed by atoms with van der Waals surface area (Å²) in [6.45, 7) is 5.18. The van der Waals surface area contributed by atoms with Crippen molar-refractivity contribution in [1.29, 1.82) is 5.26 Å². The van der Waals surface area contributed by atoms with Crippen molar-refractivity contribution in [3.05, 3.63) is 0 Å². The Morgan fingerprint density at radius 2 is 2.10 bits per heavy atom. The van der Waals surface area contributed by atoms with Crippen molar-refractivity contribution in [3.8, 4) is 6.07 Å². The summed E-state index contributed by atoms with van der Waals surface area (Å²) in [5.41, 5.74) is 9.51. The van der Waals surface area contributed by atoms with E-state index < -0.39 is 6.17 Å². The molecule has 4 fully saturated rings. The average Bonchev–Trinajstić information content (AvgIpc) is 3.06. The zero-order valence-corrected chi connectivity index (χ0v) is 17.8. The van der Waals surface area contributed by atoms with Crippen molar-refractivity contribution in [1.82, 2.24) is 31.3 Å². The Hall–Kier alpha value is -1.32. The fourth-order valence-corrected chi connectivity index (χ4v) is 5.14. The molecule has 0 aromatic heterocycles. The number of amides is 1. The minimum absolute atomic E-state index is 0.0321. The first kappa shape index (κ1) is 21.9. The Kier molecular flexibility index (Phi) is 7.20. The lowest BCUT2D eigenvalue weighted by Crippen LogP contribution is -2.61. The highest BCUT2D eigenvalue weighted by Crippen LogP contribution is 2.25. The predicted octanol–water partition coefficient (Wildman–Crippen LogP) is -1.88. The van der Waals surface area contributed by atoms with E-state index in [-0.39, 0.29) is 42.2 Å². The second kappa shape index (κ2) is 9.87. The monoisotopic (exact) mass is 420 g/mol. The van der Waals surface area contributed by atoms with E-state index in [4.69, 9.17) is 15.7 Å². The third-order valence-corrected chi connectivity index (χ3v) is 6.91. The van der Waals surface area contributed by atoms with Gasteiger partial charge in [-0.1, -0.05) is 0 Å². The molecular weight excluding hydrogens is 384 g/mol. The molecule has 4 heterocycles. The molecule has 6 unspecified atom stereocenters. The molecule has 6 N–H and O–H groups in total. The maximum absolute atomic E-state index is 13.2. The molecule has 1 amide bonds. The largest absolute Gasteiger partial charge is 0.373 e. The number of fused-ring (bicyclic) bond motifs is 1. The Bertz CT molecular complexity index is 635. The van der Waals surface area contributed by atoms with E-state index >= 15 is 0 Å². The van der Waals surface area contributed by atoms with Crippen molar-refractivity contribution in [2.45, 2.75) is 56.3 Å². The molecule has 0 aliphatic carbocycles. The van der Waals surface area contributed by atoms with Crippen molar-refractivity contribution >= 4 is 5.91 Å². The van der Waals surface area contributed by atoms with Crippen LogP contribution in [-0.4, -0.2) is 92.7 Å². The van der Waals surface area contributed by atoms with Gasteiger partial charge in [0.15, 0.2) is 0 Å². The van der Waals surface area contributed by atoms with Crippen molar-refractivity contribution in [2.75, 3.05) is 46.3 Å². The van der Waals surface area contributed by atoms with Gasteiger partial charge < -0.3 is 26.0 Å². The SMILES string of the molecule is CN1CCC(OC2CCNCC2NC(=O)C2C(N)NN3CC(CC#N)CNC23)CC1. The number of nitrogens with one attached hydrogen (secondary N) is 4. The average molecular weight is 421 g/mol. The molecular formula is C20H36N8O2. The Morgan fingerprint density at radius 3 is 2.87 bits per heavy atom. The molecule has 4 rings (SSSR count). The third kappa shape index (κ3) is 4.94. The molecule has 168 valence electrons. The van der Waals surface area contributed by atoms with Crippen LogP contribution in [0, 0.1) is 23.2 Å². The van der Waals surface area contributed by atoms with Crippen LogP contribution < -0.4 is 27.1 Å². The number of piperidine rings is 2. The molecule has 6 atom stereocenters. The first-order valence-corrected chi connectivity index (χ1v) is 11.3. The van der Waals surface area contributed by atoms with Crippen LogP contribution in [-0.2, 0) is 9.53 Å². The van der Waals surface area contributed by atoms with Gasteiger partial charge in [-0.15, -0.1) is 0 Å². The third-order valence-electron chi connectivity index (χ3n) is 6.91. The van der Waals surface area contributed by atoms with Crippen LogP contribution in [0.1, 0.15) is 25.7 Å². The number of nitrogens with zero attached hydrogens (tertiary/aromatic N) is 3. The normalized spacial score (nSPS) is 38.7. The summed E-state index contributed by atoms with van der Waals surface area (Å²) >= 11 is 0. The zero-order valence-electron chi connectivity index (χ0n) is 17.8. The van der Waals surface area contributed by atoms with E-state index in [1.807, 2.05) is 5.01 Å². The highest BCUT2D eigenvalue weighted by Gasteiger charge is 2.47. The van der Waals surface area contributed by atoms with Gasteiger partial charge in [0.25, 0.3) is 0 Å². The number of hydrogen-bond donors (Lipinski definition) is 5. The van der Waals surface area contributed by atoms with Crippen LogP contribution in [0.3, 0.4) is 0 Å². The second-order valence-corrected chi connectivity index (χ2v) is 9.20. The molecule has 0 bridgehead atoms. The number of carbonyl (C=O) groups excluding carboxylic acids is 1. The molecule has 0 saturated carbocycles. The fraction of sp³-hybridized carbons (Fsp3) is 0.900. The van der Waals surface area contributed by atoms with Gasteiger partial charge in [-0.2, -0.15) is 5.26 Å². The van der Waals surface area contributed by atoms with Gasteiger partial charge in [0.05, 0.1) is 42.6 Å². The predicted molar refractivity (Wildman–Crippen MR) is 112 cm³/mol. The number of ether oxygens (including phenoxy) is 1. The number of carbonyl (C=O) groups is 1. The molecule has 30 heavy (non-hydrogen) atoms. The highest BCUT2D eigenvalue weighted by molar-refractivity contribution is 5.80. The minimum atomic E-state index is -0.451. The van der Waals surface area contributed by atoms with Crippen LogP contribution in [0.2, 0.25) is 0 Å². The van der Waals surface area contributed by atoms with Crippen molar-refractivity contribution < 1.29 is 9.53 Å². The maximum atomic E-state index is 13.2. The first-order valence-electron chi connectivity index (χ1n) is 11.3. The molecule has 4 aliphatic heterocycles. The van der Waals surface area contributed by atoms with E-state index in [2.05, 4.69) is 39.4 Å². The highest BCUT2D eigenvalue weighted by atomic mass is 16.5. The molecule has 0 spiro atoms. The quantitative estimate of drug-likeness (QED) is 0.347. The summed E-state index contributed by atoms with van der Waals surface area (Å²) in [6.07, 6.45) is 3.18. The van der Waals surface area contributed by atoms with Gasteiger partial charge in [0.2, 0.25) is 5.91 Å². The summed E-state index contributed by atoms with van der Waals surface area (Å²) in [4.78, 5) is 15.6. The first-order chi connectivity index (χ1) is 14.5. The number of likely N-dealkylation sites (tertiary alicyclic amines) is 1. The van der Waals surface area contributed by atoms with Crippen LogP contribution in [0.25, 0.3) is 0 Å². The van der Waals surface area contributed by atoms with Gasteiger partial charge in [-0.3, -0.25) is 10.1 Å². The minimum Gasteiger partial charge on any atom is -0.373 e. The summed E-state index contributed by atoms with van der Waals surface area (Å²) in [5, 5.41) is 21.0. The van der Waals surface area contributed by atoms with Crippen LogP contribution in [0.15, 0.2) is 0 Å². The molecule has 4 aliphatic rings. The standard InChI is InChI=1S/C20H36N8O2/c1-27-8-4-14(5-9-27)30-16-3-7-23-11-15(16)25-20(29)17-18(22)26-28-12-13(2-6-21)10-24-19(17)28/h13-19,23-24,26H,2-5,7-12,22H2,1H3,(H,25,29). The van der Waals surface area contributed by atoms with E-state index in [0.717, 1.165) is 52.0 Å². The summed E-state index contributed by atoms with van der Waals surface area (Å²) in [6, 6.07) is 2.18. The molecule has 4 saturated heterocycles. The van der Waals surface area contributed by atoms with Gasteiger partial charge in [0, 0.05) is 39.1 Å². The summed E-state index contributed by atoms with van der Waals surface area (Å²) < 4.78 is 6.45. The summed E-state index contributed by atoms with van der Waals surface area (Å²) in [5.74, 6) is -0.194. The van der Waals surface area contributed by atoms with E-state index in [0.29, 0.717) is 13.0 Å². The number of rotatable bonds is 5. The van der Waals surface area contributed by atoms with Gasteiger partial charge in [-0.25, -0.2) is 10.4 Å². The number of hydrogen-bond acceptors (Lipinski definition) is 9. The van der Waals surface area contributed by atoms with E-state index in [1.165, 1.54) is 0 Å². The van der Waals surface area contributed by atoms with E-state index in [9.17, 15) is 4.79 Å². The maximum Gasteiger partial charge on any atom is 0.229 e. The topological polar surface area (TPSA) is 131 Å². The van der Waals surface area contributed by atoms with Crippen molar-refractivity contribution in [2.24, 2.45) is 17.6 Å². The molecule has 0 radical (unpaired) electrons. The Labute approximate surface area is 178 Å². The molecule has 0 aromatic carbocycles. The van der Waals surface area contributed by atoms with Crippen molar-refractivity contribution in [3.63, 3.8) is 0 Å². The fourth-order valence-electron chi connectivity index (χ4n) is 5.14.